The summed E-state index contributed by atoms with van der Waals surface area (Å²) in [6.45, 7) is 8.45. The number of piperidine rings is 1. The summed E-state index contributed by atoms with van der Waals surface area (Å²) in [7, 11) is 1.57. The van der Waals surface area contributed by atoms with Gasteiger partial charge in [-0.05, 0) is 56.8 Å². The molecule has 0 aliphatic carbocycles. The largest absolute Gasteiger partial charge is 0.504 e. The first-order chi connectivity index (χ1) is 10.5. The zero-order valence-corrected chi connectivity index (χ0v) is 13.6. The van der Waals surface area contributed by atoms with Crippen LogP contribution in [0.25, 0.3) is 0 Å². The number of allylic oxidation sites excluding steroid dienone is 1. The molecule has 4 heteroatoms. The number of ether oxygens (including phenoxy) is 1. The lowest BCUT2D eigenvalue weighted by atomic mass is 9.92. The number of phenolic OH excluding ortho intramolecular Hbond substituents is 1. The number of nitrogens with zero attached hydrogens (tertiary/aromatic N) is 1. The van der Waals surface area contributed by atoms with Crippen LogP contribution in [0, 0.1) is 5.92 Å². The molecule has 0 saturated carbocycles. The zero-order valence-electron chi connectivity index (χ0n) is 13.6. The molecule has 122 valence electrons. The fraction of sp³-hybridized carbons (Fsp3) is 0.556. The Labute approximate surface area is 133 Å². The third-order valence-corrected chi connectivity index (χ3v) is 4.52. The van der Waals surface area contributed by atoms with Crippen LogP contribution in [-0.4, -0.2) is 41.4 Å². The highest BCUT2D eigenvalue weighted by Crippen LogP contribution is 2.33. The van der Waals surface area contributed by atoms with E-state index in [1.807, 2.05) is 19.1 Å². The number of aromatic hydroxyl groups is 1. The quantitative estimate of drug-likeness (QED) is 0.794. The van der Waals surface area contributed by atoms with Gasteiger partial charge in [-0.25, -0.2) is 0 Å². The van der Waals surface area contributed by atoms with E-state index < -0.39 is 0 Å². The summed E-state index contributed by atoms with van der Waals surface area (Å²) in [4.78, 5) is 2.39. The summed E-state index contributed by atoms with van der Waals surface area (Å²) < 4.78 is 5.27. The van der Waals surface area contributed by atoms with Gasteiger partial charge >= 0.3 is 0 Å². The van der Waals surface area contributed by atoms with Crippen LogP contribution in [0.5, 0.6) is 11.5 Å². The Bertz CT molecular complexity index is 505. The number of aliphatic hydroxyl groups excluding tert-OH is 1. The van der Waals surface area contributed by atoms with Gasteiger partial charge in [-0.15, -0.1) is 6.58 Å². The van der Waals surface area contributed by atoms with Crippen molar-refractivity contribution in [1.29, 1.82) is 0 Å². The van der Waals surface area contributed by atoms with Gasteiger partial charge in [0, 0.05) is 12.1 Å². The van der Waals surface area contributed by atoms with Crippen LogP contribution < -0.4 is 4.74 Å². The number of aliphatic hydroxyl groups is 1. The van der Waals surface area contributed by atoms with Crippen LogP contribution in [0.1, 0.15) is 30.9 Å². The lowest BCUT2D eigenvalue weighted by Crippen LogP contribution is -2.36. The first-order valence-electron chi connectivity index (χ1n) is 7.95. The van der Waals surface area contributed by atoms with Gasteiger partial charge in [0.25, 0.3) is 0 Å². The molecule has 0 amide bonds. The monoisotopic (exact) mass is 305 g/mol. The Morgan fingerprint density at radius 1 is 1.41 bits per heavy atom. The van der Waals surface area contributed by atoms with Crippen LogP contribution in [0.4, 0.5) is 0 Å². The van der Waals surface area contributed by atoms with Crippen molar-refractivity contribution in [1.82, 2.24) is 4.90 Å². The summed E-state index contributed by atoms with van der Waals surface area (Å²) in [5, 5.41) is 19.8. The highest BCUT2D eigenvalue weighted by molar-refractivity contribution is 5.49. The highest BCUT2D eigenvalue weighted by Gasteiger charge is 2.23. The molecule has 1 aliphatic heterocycles. The fourth-order valence-electron chi connectivity index (χ4n) is 3.14. The van der Waals surface area contributed by atoms with Crippen LogP contribution in [-0.2, 0) is 13.0 Å². The molecule has 2 rings (SSSR count). The van der Waals surface area contributed by atoms with Crippen LogP contribution in [0.15, 0.2) is 24.8 Å². The number of phenols is 1. The van der Waals surface area contributed by atoms with E-state index in [4.69, 9.17) is 4.74 Å². The van der Waals surface area contributed by atoms with Crippen molar-refractivity contribution in [2.24, 2.45) is 5.92 Å². The first-order valence-corrected chi connectivity index (χ1v) is 7.95. The summed E-state index contributed by atoms with van der Waals surface area (Å²) in [5.74, 6) is 1.15. The number of hydrogen-bond acceptors (Lipinski definition) is 4. The van der Waals surface area contributed by atoms with E-state index in [0.717, 1.165) is 43.6 Å². The van der Waals surface area contributed by atoms with Crippen molar-refractivity contribution in [2.45, 2.75) is 38.8 Å². The zero-order chi connectivity index (χ0) is 16.1. The molecule has 0 spiro atoms. The van der Waals surface area contributed by atoms with Gasteiger partial charge in [0.05, 0.1) is 13.2 Å². The lowest BCUT2D eigenvalue weighted by Gasteiger charge is -2.33. The molecular formula is C18H27NO3. The smallest absolute Gasteiger partial charge is 0.161 e. The van der Waals surface area contributed by atoms with Crippen molar-refractivity contribution in [2.75, 3.05) is 20.2 Å². The minimum absolute atomic E-state index is 0.207. The molecule has 1 atom stereocenters. The molecule has 1 fully saturated rings. The Morgan fingerprint density at radius 2 is 2.09 bits per heavy atom. The highest BCUT2D eigenvalue weighted by atomic mass is 16.5. The molecule has 1 heterocycles. The number of rotatable bonds is 6. The third kappa shape index (κ3) is 4.02. The molecule has 1 aromatic carbocycles. The summed E-state index contributed by atoms with van der Waals surface area (Å²) in [5.41, 5.74) is 1.99. The Kier molecular flexibility index (Phi) is 5.86. The first kappa shape index (κ1) is 16.8. The van der Waals surface area contributed by atoms with Gasteiger partial charge in [-0.2, -0.15) is 0 Å². The third-order valence-electron chi connectivity index (χ3n) is 4.52. The number of hydrogen-bond donors (Lipinski definition) is 2. The van der Waals surface area contributed by atoms with E-state index in [1.54, 1.807) is 13.2 Å². The molecule has 0 bridgehead atoms. The van der Waals surface area contributed by atoms with Crippen molar-refractivity contribution in [3.8, 4) is 11.5 Å². The van der Waals surface area contributed by atoms with E-state index in [1.165, 1.54) is 0 Å². The van der Waals surface area contributed by atoms with Crippen molar-refractivity contribution in [3.63, 3.8) is 0 Å². The number of likely N-dealkylation sites (tertiary alicyclic amines) is 1. The van der Waals surface area contributed by atoms with Gasteiger partial charge in [-0.3, -0.25) is 4.90 Å². The molecule has 4 nitrogen and oxygen atoms in total. The average molecular weight is 305 g/mol. The van der Waals surface area contributed by atoms with Crippen LogP contribution >= 0.6 is 0 Å². The molecule has 0 aromatic heterocycles. The normalized spacial score (nSPS) is 18.1. The van der Waals surface area contributed by atoms with Gasteiger partial charge < -0.3 is 14.9 Å². The number of methoxy groups -OCH3 is 1. The summed E-state index contributed by atoms with van der Waals surface area (Å²) >= 11 is 0. The average Bonchev–Trinajstić information content (AvgIpc) is 2.51. The van der Waals surface area contributed by atoms with Gasteiger partial charge in [0.1, 0.15) is 0 Å². The second-order valence-electron chi connectivity index (χ2n) is 6.15. The van der Waals surface area contributed by atoms with Gasteiger partial charge in [0.2, 0.25) is 0 Å². The van der Waals surface area contributed by atoms with E-state index >= 15 is 0 Å². The van der Waals surface area contributed by atoms with Crippen molar-refractivity contribution >= 4 is 0 Å². The molecule has 1 saturated heterocycles. The lowest BCUT2D eigenvalue weighted by molar-refractivity contribution is 0.0695. The molecule has 2 N–H and O–H groups in total. The standard InChI is InChI=1S/C18H27NO3/c1-4-5-16-10-14(11-17(22-3)18(16)21)12-19-8-6-15(7-9-19)13(2)20/h4,10-11,13,15,20-21H,1,5-9,12H2,2-3H3. The molecular weight excluding hydrogens is 278 g/mol. The second-order valence-corrected chi connectivity index (χ2v) is 6.15. The fourth-order valence-corrected chi connectivity index (χ4v) is 3.14. The Morgan fingerprint density at radius 3 is 2.64 bits per heavy atom. The Hall–Kier alpha value is -1.52. The molecule has 22 heavy (non-hydrogen) atoms. The van der Waals surface area contributed by atoms with Gasteiger partial charge in [-0.1, -0.05) is 12.1 Å². The molecule has 1 aromatic rings. The predicted molar refractivity (Wildman–Crippen MR) is 88.2 cm³/mol. The van der Waals surface area contributed by atoms with E-state index in [9.17, 15) is 10.2 Å². The van der Waals surface area contributed by atoms with Crippen LogP contribution in [0.3, 0.4) is 0 Å². The van der Waals surface area contributed by atoms with E-state index in [2.05, 4.69) is 11.5 Å². The van der Waals surface area contributed by atoms with Gasteiger partial charge in [0.15, 0.2) is 11.5 Å². The van der Waals surface area contributed by atoms with Crippen molar-refractivity contribution < 1.29 is 14.9 Å². The maximum absolute atomic E-state index is 10.1. The SMILES string of the molecule is C=CCc1cc(CN2CCC(C(C)O)CC2)cc(OC)c1O. The maximum Gasteiger partial charge on any atom is 0.161 e. The minimum Gasteiger partial charge on any atom is -0.504 e. The molecule has 0 radical (unpaired) electrons. The molecule has 1 unspecified atom stereocenters. The van der Waals surface area contributed by atoms with Crippen LogP contribution in [0.2, 0.25) is 0 Å². The number of benzene rings is 1. The second kappa shape index (κ2) is 7.65. The predicted octanol–water partition coefficient (Wildman–Crippen LogP) is 2.72. The van der Waals surface area contributed by atoms with E-state index in [0.29, 0.717) is 18.1 Å². The minimum atomic E-state index is -0.213. The maximum atomic E-state index is 10.1. The summed E-state index contributed by atoms with van der Waals surface area (Å²) in [6, 6.07) is 3.93. The topological polar surface area (TPSA) is 52.9 Å². The van der Waals surface area contributed by atoms with E-state index in [-0.39, 0.29) is 11.9 Å². The summed E-state index contributed by atoms with van der Waals surface area (Å²) in [6.07, 6.45) is 4.26. The van der Waals surface area contributed by atoms with Crippen molar-refractivity contribution in [3.05, 3.63) is 35.9 Å². The molecule has 1 aliphatic rings. The Balaban J connectivity index is 2.06.